The summed E-state index contributed by atoms with van der Waals surface area (Å²) in [7, 11) is 0. The van der Waals surface area contributed by atoms with Crippen LogP contribution in [0.2, 0.25) is 0 Å². The van der Waals surface area contributed by atoms with Crippen LogP contribution in [0.1, 0.15) is 27.2 Å². The molecular formula is C9H16O2. The summed E-state index contributed by atoms with van der Waals surface area (Å²) in [5.41, 5.74) is 0.578. The van der Waals surface area contributed by atoms with Crippen molar-refractivity contribution in [3.05, 3.63) is 12.2 Å². The normalized spacial score (nSPS) is 12.3. The molecule has 0 aromatic rings. The number of hydrogen-bond acceptors (Lipinski definition) is 2. The van der Waals surface area contributed by atoms with Crippen LogP contribution >= 0.6 is 0 Å². The summed E-state index contributed by atoms with van der Waals surface area (Å²) >= 11 is 0. The Bertz CT molecular complexity index is 150. The standard InChI is InChI=1S/C9H16O2/c1-5-7(3)8(4)9(10)11-6-2/h7H,4-6H2,1-3H3. The fourth-order valence-electron chi connectivity index (χ4n) is 0.671. The van der Waals surface area contributed by atoms with E-state index in [2.05, 4.69) is 6.58 Å². The van der Waals surface area contributed by atoms with E-state index in [-0.39, 0.29) is 11.9 Å². The highest BCUT2D eigenvalue weighted by Crippen LogP contribution is 2.12. The minimum absolute atomic E-state index is 0.231. The summed E-state index contributed by atoms with van der Waals surface area (Å²) in [6, 6.07) is 0. The monoisotopic (exact) mass is 156 g/mol. The third-order valence-electron chi connectivity index (χ3n) is 1.74. The molecule has 0 rings (SSSR count). The molecule has 0 aromatic heterocycles. The Morgan fingerprint density at radius 2 is 2.09 bits per heavy atom. The highest BCUT2D eigenvalue weighted by Gasteiger charge is 2.13. The molecule has 0 aliphatic heterocycles. The zero-order chi connectivity index (χ0) is 8.85. The molecule has 0 aliphatic rings. The second-order valence-electron chi connectivity index (χ2n) is 2.56. The van der Waals surface area contributed by atoms with E-state index in [0.29, 0.717) is 12.2 Å². The molecule has 11 heavy (non-hydrogen) atoms. The predicted molar refractivity (Wildman–Crippen MR) is 45.2 cm³/mol. The van der Waals surface area contributed by atoms with Crippen LogP contribution in [0.4, 0.5) is 0 Å². The lowest BCUT2D eigenvalue weighted by atomic mass is 10.0. The van der Waals surface area contributed by atoms with Gasteiger partial charge in [0.05, 0.1) is 6.61 Å². The van der Waals surface area contributed by atoms with Crippen LogP contribution in [0.15, 0.2) is 12.2 Å². The van der Waals surface area contributed by atoms with Crippen molar-refractivity contribution in [1.82, 2.24) is 0 Å². The molecule has 0 heterocycles. The van der Waals surface area contributed by atoms with Crippen molar-refractivity contribution in [3.63, 3.8) is 0 Å². The van der Waals surface area contributed by atoms with Crippen molar-refractivity contribution >= 4 is 5.97 Å². The molecule has 2 heteroatoms. The topological polar surface area (TPSA) is 26.3 Å². The maximum absolute atomic E-state index is 11.0. The molecular weight excluding hydrogens is 140 g/mol. The van der Waals surface area contributed by atoms with E-state index in [1.165, 1.54) is 0 Å². The van der Waals surface area contributed by atoms with E-state index in [1.54, 1.807) is 6.92 Å². The van der Waals surface area contributed by atoms with Crippen LogP contribution in [0.3, 0.4) is 0 Å². The summed E-state index contributed by atoms with van der Waals surface area (Å²) in [6.07, 6.45) is 0.928. The number of carbonyl (C=O) groups is 1. The van der Waals surface area contributed by atoms with E-state index < -0.39 is 0 Å². The summed E-state index contributed by atoms with van der Waals surface area (Å²) in [4.78, 5) is 11.0. The lowest BCUT2D eigenvalue weighted by Gasteiger charge is -2.10. The summed E-state index contributed by atoms with van der Waals surface area (Å²) in [5, 5.41) is 0. The second kappa shape index (κ2) is 4.94. The van der Waals surface area contributed by atoms with Crippen LogP contribution in [0, 0.1) is 5.92 Å². The second-order valence-corrected chi connectivity index (χ2v) is 2.56. The van der Waals surface area contributed by atoms with Gasteiger partial charge in [-0.15, -0.1) is 0 Å². The molecule has 2 nitrogen and oxygen atoms in total. The first-order valence-electron chi connectivity index (χ1n) is 3.99. The number of carbonyl (C=O) groups excluding carboxylic acids is 1. The highest BCUT2D eigenvalue weighted by atomic mass is 16.5. The average molecular weight is 156 g/mol. The third-order valence-corrected chi connectivity index (χ3v) is 1.74. The number of hydrogen-bond donors (Lipinski definition) is 0. The summed E-state index contributed by atoms with van der Waals surface area (Å²) < 4.78 is 4.79. The van der Waals surface area contributed by atoms with Gasteiger partial charge in [-0.05, 0) is 19.3 Å². The maximum atomic E-state index is 11.0. The molecule has 1 atom stereocenters. The molecule has 0 spiro atoms. The summed E-state index contributed by atoms with van der Waals surface area (Å²) in [5.74, 6) is -0.0316. The Balaban J connectivity index is 3.92. The zero-order valence-electron chi connectivity index (χ0n) is 7.52. The molecule has 1 unspecified atom stereocenters. The van der Waals surface area contributed by atoms with E-state index >= 15 is 0 Å². The van der Waals surface area contributed by atoms with Gasteiger partial charge in [0.1, 0.15) is 0 Å². The van der Waals surface area contributed by atoms with Gasteiger partial charge in [-0.1, -0.05) is 20.4 Å². The van der Waals surface area contributed by atoms with Crippen LogP contribution < -0.4 is 0 Å². The Morgan fingerprint density at radius 3 is 2.45 bits per heavy atom. The molecule has 64 valence electrons. The quantitative estimate of drug-likeness (QED) is 0.460. The van der Waals surface area contributed by atoms with Gasteiger partial charge in [-0.3, -0.25) is 0 Å². The fourth-order valence-corrected chi connectivity index (χ4v) is 0.671. The molecule has 0 saturated carbocycles. The Kier molecular flexibility index (Phi) is 4.59. The van der Waals surface area contributed by atoms with Crippen molar-refractivity contribution in [2.75, 3.05) is 6.61 Å². The SMILES string of the molecule is C=C(C(=O)OCC)C(C)CC. The van der Waals surface area contributed by atoms with E-state index in [4.69, 9.17) is 4.74 Å². The number of esters is 1. The fraction of sp³-hybridized carbons (Fsp3) is 0.667. The molecule has 0 aromatic carbocycles. The number of rotatable bonds is 4. The zero-order valence-corrected chi connectivity index (χ0v) is 7.52. The van der Waals surface area contributed by atoms with Crippen molar-refractivity contribution in [2.45, 2.75) is 27.2 Å². The Labute approximate surface area is 68.2 Å². The smallest absolute Gasteiger partial charge is 0.333 e. The lowest BCUT2D eigenvalue weighted by Crippen LogP contribution is -2.12. The van der Waals surface area contributed by atoms with Gasteiger partial charge in [0.15, 0.2) is 0 Å². The van der Waals surface area contributed by atoms with Gasteiger partial charge >= 0.3 is 5.97 Å². The van der Waals surface area contributed by atoms with E-state index in [1.807, 2.05) is 13.8 Å². The molecule has 0 amide bonds. The predicted octanol–water partition coefficient (Wildman–Crippen LogP) is 2.15. The first-order chi connectivity index (χ1) is 5.13. The van der Waals surface area contributed by atoms with E-state index in [9.17, 15) is 4.79 Å². The Hall–Kier alpha value is -0.790. The van der Waals surface area contributed by atoms with Crippen LogP contribution in [0.5, 0.6) is 0 Å². The first-order valence-corrected chi connectivity index (χ1v) is 3.99. The van der Waals surface area contributed by atoms with Gasteiger partial charge in [0.25, 0.3) is 0 Å². The minimum atomic E-state index is -0.262. The number of ether oxygens (including phenoxy) is 1. The van der Waals surface area contributed by atoms with Gasteiger partial charge in [0.2, 0.25) is 0 Å². The highest BCUT2D eigenvalue weighted by molar-refractivity contribution is 5.88. The molecule has 0 bridgehead atoms. The van der Waals surface area contributed by atoms with Crippen LogP contribution in [0.25, 0.3) is 0 Å². The minimum Gasteiger partial charge on any atom is -0.463 e. The summed E-state index contributed by atoms with van der Waals surface area (Å²) in [6.45, 7) is 9.88. The van der Waals surface area contributed by atoms with Crippen molar-refractivity contribution in [2.24, 2.45) is 5.92 Å². The molecule has 0 saturated heterocycles. The Morgan fingerprint density at radius 1 is 1.55 bits per heavy atom. The van der Waals surface area contributed by atoms with Crippen molar-refractivity contribution in [1.29, 1.82) is 0 Å². The van der Waals surface area contributed by atoms with Gasteiger partial charge < -0.3 is 4.74 Å². The molecule has 0 radical (unpaired) electrons. The van der Waals surface area contributed by atoms with Gasteiger partial charge in [-0.2, -0.15) is 0 Å². The molecule has 0 N–H and O–H groups in total. The average Bonchev–Trinajstić information content (AvgIpc) is 2.02. The largest absolute Gasteiger partial charge is 0.463 e. The lowest BCUT2D eigenvalue weighted by molar-refractivity contribution is -0.139. The maximum Gasteiger partial charge on any atom is 0.333 e. The first kappa shape index (κ1) is 10.2. The van der Waals surface area contributed by atoms with Crippen molar-refractivity contribution < 1.29 is 9.53 Å². The van der Waals surface area contributed by atoms with Crippen molar-refractivity contribution in [3.8, 4) is 0 Å². The molecule has 0 fully saturated rings. The van der Waals surface area contributed by atoms with Crippen LogP contribution in [-0.2, 0) is 9.53 Å². The van der Waals surface area contributed by atoms with Crippen LogP contribution in [-0.4, -0.2) is 12.6 Å². The van der Waals surface area contributed by atoms with E-state index in [0.717, 1.165) is 6.42 Å². The van der Waals surface area contributed by atoms with Gasteiger partial charge in [-0.25, -0.2) is 4.79 Å². The third kappa shape index (κ3) is 3.21. The molecule has 0 aliphatic carbocycles. The van der Waals surface area contributed by atoms with Gasteiger partial charge in [0, 0.05) is 5.57 Å².